The van der Waals surface area contributed by atoms with Crippen molar-refractivity contribution in [1.29, 1.82) is 0 Å². The van der Waals surface area contributed by atoms with Crippen molar-refractivity contribution in [3.05, 3.63) is 29.7 Å². The average molecular weight is 237 g/mol. The highest BCUT2D eigenvalue weighted by Crippen LogP contribution is 2.23. The van der Waals surface area contributed by atoms with Crippen LogP contribution in [0.3, 0.4) is 0 Å². The third-order valence-electron chi connectivity index (χ3n) is 3.13. The number of hydrogen-bond acceptors (Lipinski definition) is 2. The van der Waals surface area contributed by atoms with E-state index >= 15 is 0 Å². The van der Waals surface area contributed by atoms with Gasteiger partial charge in [-0.2, -0.15) is 0 Å². The first kappa shape index (κ1) is 10.1. The summed E-state index contributed by atoms with van der Waals surface area (Å²) in [6, 6.07) is 4.04. The predicted octanol–water partition coefficient (Wildman–Crippen LogP) is 2.73. The Bertz CT molecular complexity index is 505. The van der Waals surface area contributed by atoms with Gasteiger partial charge in [0, 0.05) is 30.2 Å². The molecule has 3 heterocycles. The minimum absolute atomic E-state index is 0.586. The molecule has 2 aromatic heterocycles. The van der Waals surface area contributed by atoms with Crippen molar-refractivity contribution >= 4 is 22.5 Å². The van der Waals surface area contributed by atoms with Crippen LogP contribution in [-0.2, 0) is 11.3 Å². The van der Waals surface area contributed by atoms with Crippen LogP contribution in [0.5, 0.6) is 0 Å². The molecule has 1 aliphatic heterocycles. The maximum Gasteiger partial charge on any atom is 0.138 e. The first-order valence-corrected chi connectivity index (χ1v) is 5.89. The summed E-state index contributed by atoms with van der Waals surface area (Å²) in [4.78, 5) is 4.08. The molecular weight excluding hydrogens is 224 g/mol. The fourth-order valence-corrected chi connectivity index (χ4v) is 2.27. The summed E-state index contributed by atoms with van der Waals surface area (Å²) in [6.45, 7) is 2.86. The standard InChI is InChI=1S/C12H13ClN2O/c13-12-10-3-6-15(11(10)1-4-14-12)5-2-9-7-16-8-9/h1,3-4,6,9H,2,5,7-8H2. The Morgan fingerprint density at radius 1 is 1.44 bits per heavy atom. The van der Waals surface area contributed by atoms with E-state index in [1.54, 1.807) is 6.20 Å². The summed E-state index contributed by atoms with van der Waals surface area (Å²) >= 11 is 6.03. The Morgan fingerprint density at radius 2 is 2.31 bits per heavy atom. The summed E-state index contributed by atoms with van der Waals surface area (Å²) < 4.78 is 7.41. The second kappa shape index (κ2) is 4.07. The van der Waals surface area contributed by atoms with Crippen LogP contribution in [-0.4, -0.2) is 22.8 Å². The molecule has 0 atom stereocenters. The van der Waals surface area contributed by atoms with E-state index in [2.05, 4.69) is 15.7 Å². The van der Waals surface area contributed by atoms with Gasteiger partial charge in [-0.15, -0.1) is 0 Å². The molecule has 0 spiro atoms. The third kappa shape index (κ3) is 1.70. The number of aromatic nitrogens is 2. The van der Waals surface area contributed by atoms with Gasteiger partial charge in [-0.05, 0) is 18.6 Å². The van der Waals surface area contributed by atoms with Crippen LogP contribution >= 0.6 is 11.6 Å². The Morgan fingerprint density at radius 3 is 3.06 bits per heavy atom. The van der Waals surface area contributed by atoms with Crippen molar-refractivity contribution in [1.82, 2.24) is 9.55 Å². The van der Waals surface area contributed by atoms with Gasteiger partial charge in [0.05, 0.1) is 18.7 Å². The molecule has 1 fully saturated rings. The van der Waals surface area contributed by atoms with E-state index in [9.17, 15) is 0 Å². The van der Waals surface area contributed by atoms with Crippen LogP contribution in [0.4, 0.5) is 0 Å². The van der Waals surface area contributed by atoms with E-state index in [-0.39, 0.29) is 0 Å². The average Bonchev–Trinajstić information content (AvgIpc) is 2.61. The van der Waals surface area contributed by atoms with Gasteiger partial charge in [-0.25, -0.2) is 4.98 Å². The van der Waals surface area contributed by atoms with Crippen molar-refractivity contribution in [2.75, 3.05) is 13.2 Å². The fraction of sp³-hybridized carbons (Fsp3) is 0.417. The van der Waals surface area contributed by atoms with Gasteiger partial charge >= 0.3 is 0 Å². The SMILES string of the molecule is Clc1nccc2c1ccn2CCC1COC1. The molecular formula is C12H13ClN2O. The van der Waals surface area contributed by atoms with Crippen LogP contribution in [0.15, 0.2) is 24.5 Å². The smallest absolute Gasteiger partial charge is 0.138 e. The van der Waals surface area contributed by atoms with E-state index in [1.165, 1.54) is 11.9 Å². The minimum atomic E-state index is 0.586. The fourth-order valence-electron chi connectivity index (χ4n) is 2.06. The van der Waals surface area contributed by atoms with E-state index in [4.69, 9.17) is 16.3 Å². The van der Waals surface area contributed by atoms with Crippen LogP contribution < -0.4 is 0 Å². The number of aryl methyl sites for hydroxylation is 1. The van der Waals surface area contributed by atoms with Crippen LogP contribution in [0, 0.1) is 5.92 Å². The molecule has 1 saturated heterocycles. The topological polar surface area (TPSA) is 27.1 Å². The van der Waals surface area contributed by atoms with Gasteiger partial charge in [0.1, 0.15) is 5.15 Å². The third-order valence-corrected chi connectivity index (χ3v) is 3.44. The highest BCUT2D eigenvalue weighted by Gasteiger charge is 2.18. The first-order valence-electron chi connectivity index (χ1n) is 5.51. The second-order valence-corrected chi connectivity index (χ2v) is 4.59. The van der Waals surface area contributed by atoms with Crippen molar-refractivity contribution in [3.63, 3.8) is 0 Å². The lowest BCUT2D eigenvalue weighted by molar-refractivity contribution is -0.0370. The number of rotatable bonds is 3. The van der Waals surface area contributed by atoms with Crippen molar-refractivity contribution < 1.29 is 4.74 Å². The molecule has 0 aromatic carbocycles. The van der Waals surface area contributed by atoms with E-state index < -0.39 is 0 Å². The lowest BCUT2D eigenvalue weighted by atomic mass is 10.0. The molecule has 0 amide bonds. The monoisotopic (exact) mass is 236 g/mol. The highest BCUT2D eigenvalue weighted by atomic mass is 35.5. The quantitative estimate of drug-likeness (QED) is 0.767. The summed E-state index contributed by atoms with van der Waals surface area (Å²) in [7, 11) is 0. The predicted molar refractivity (Wildman–Crippen MR) is 63.7 cm³/mol. The highest BCUT2D eigenvalue weighted by molar-refractivity contribution is 6.34. The molecule has 1 aliphatic rings. The Hall–Kier alpha value is -1.06. The zero-order valence-electron chi connectivity index (χ0n) is 8.90. The normalized spacial score (nSPS) is 16.6. The molecule has 2 aromatic rings. The maximum absolute atomic E-state index is 6.03. The number of pyridine rings is 1. The van der Waals surface area contributed by atoms with Crippen molar-refractivity contribution in [3.8, 4) is 0 Å². The zero-order chi connectivity index (χ0) is 11.0. The van der Waals surface area contributed by atoms with E-state index in [0.717, 1.165) is 31.1 Å². The Labute approximate surface area is 99.0 Å². The summed E-state index contributed by atoms with van der Waals surface area (Å²) in [5.41, 5.74) is 1.17. The Kier molecular flexibility index (Phi) is 2.58. The van der Waals surface area contributed by atoms with E-state index in [0.29, 0.717) is 5.15 Å². The van der Waals surface area contributed by atoms with Crippen molar-refractivity contribution in [2.45, 2.75) is 13.0 Å². The largest absolute Gasteiger partial charge is 0.381 e. The maximum atomic E-state index is 6.03. The molecule has 0 unspecified atom stereocenters. The zero-order valence-corrected chi connectivity index (χ0v) is 9.65. The van der Waals surface area contributed by atoms with Gasteiger partial charge in [0.25, 0.3) is 0 Å². The van der Waals surface area contributed by atoms with Crippen LogP contribution in [0.2, 0.25) is 5.15 Å². The number of hydrogen-bond donors (Lipinski definition) is 0. The number of nitrogens with zero attached hydrogens (tertiary/aromatic N) is 2. The molecule has 0 aliphatic carbocycles. The Balaban J connectivity index is 1.83. The number of ether oxygens (including phenoxy) is 1. The van der Waals surface area contributed by atoms with Gasteiger partial charge in [-0.1, -0.05) is 11.6 Å². The van der Waals surface area contributed by atoms with Crippen LogP contribution in [0.1, 0.15) is 6.42 Å². The summed E-state index contributed by atoms with van der Waals surface area (Å²) in [5.74, 6) is 0.731. The van der Waals surface area contributed by atoms with Crippen molar-refractivity contribution in [2.24, 2.45) is 5.92 Å². The van der Waals surface area contributed by atoms with Crippen LogP contribution in [0.25, 0.3) is 10.9 Å². The first-order chi connectivity index (χ1) is 7.84. The number of fused-ring (bicyclic) bond motifs is 1. The van der Waals surface area contributed by atoms with Gasteiger partial charge in [-0.3, -0.25) is 0 Å². The lowest BCUT2D eigenvalue weighted by Gasteiger charge is -2.26. The minimum Gasteiger partial charge on any atom is -0.381 e. The molecule has 3 nitrogen and oxygen atoms in total. The van der Waals surface area contributed by atoms with Gasteiger partial charge in [0.2, 0.25) is 0 Å². The lowest BCUT2D eigenvalue weighted by Crippen LogP contribution is -2.28. The molecule has 16 heavy (non-hydrogen) atoms. The van der Waals surface area contributed by atoms with Gasteiger partial charge < -0.3 is 9.30 Å². The molecule has 3 rings (SSSR count). The summed E-state index contributed by atoms with van der Waals surface area (Å²) in [6.07, 6.45) is 5.01. The van der Waals surface area contributed by atoms with Gasteiger partial charge in [0.15, 0.2) is 0 Å². The molecule has 0 radical (unpaired) electrons. The molecule has 0 bridgehead atoms. The van der Waals surface area contributed by atoms with E-state index in [1.807, 2.05) is 12.1 Å². The second-order valence-electron chi connectivity index (χ2n) is 4.24. The molecule has 84 valence electrons. The molecule has 0 saturated carbocycles. The number of halogens is 1. The summed E-state index contributed by atoms with van der Waals surface area (Å²) in [5, 5.41) is 1.62. The molecule has 0 N–H and O–H groups in total. The molecule has 4 heteroatoms.